The Morgan fingerprint density at radius 3 is 2.10 bits per heavy atom. The van der Waals surface area contributed by atoms with Crippen molar-refractivity contribution in [3.63, 3.8) is 0 Å². The van der Waals surface area contributed by atoms with Crippen LogP contribution in [0, 0.1) is 0 Å². The van der Waals surface area contributed by atoms with Gasteiger partial charge in [0.25, 0.3) is 0 Å². The van der Waals surface area contributed by atoms with Crippen LogP contribution in [0.4, 0.5) is 11.4 Å². The second-order valence-electron chi connectivity index (χ2n) is 11.1. The van der Waals surface area contributed by atoms with Crippen LogP contribution < -0.4 is 5.32 Å². The summed E-state index contributed by atoms with van der Waals surface area (Å²) in [5, 5.41) is 5.74. The molecule has 2 nitrogen and oxygen atoms in total. The van der Waals surface area contributed by atoms with E-state index in [2.05, 4.69) is 79.8 Å². The van der Waals surface area contributed by atoms with Gasteiger partial charge in [0.05, 0.1) is 6.85 Å². The van der Waals surface area contributed by atoms with Crippen molar-refractivity contribution < 1.29 is 11.3 Å². The van der Waals surface area contributed by atoms with Gasteiger partial charge in [-0.2, -0.15) is 0 Å². The van der Waals surface area contributed by atoms with Crippen LogP contribution >= 0.6 is 0 Å². The monoisotopic (exact) mass is 532 g/mol. The summed E-state index contributed by atoms with van der Waals surface area (Å²) in [4.78, 5) is 0. The average molecular weight is 533 g/mol. The predicted octanol–water partition coefficient (Wildman–Crippen LogP) is 11.0. The van der Waals surface area contributed by atoms with Crippen molar-refractivity contribution >= 4 is 33.3 Å². The van der Waals surface area contributed by atoms with E-state index in [-0.39, 0.29) is 35.1 Å². The van der Waals surface area contributed by atoms with Gasteiger partial charge in [-0.15, -0.1) is 0 Å². The maximum absolute atomic E-state index is 8.30. The molecular formula is C39H29NO. The highest BCUT2D eigenvalue weighted by molar-refractivity contribution is 6.09. The van der Waals surface area contributed by atoms with Crippen molar-refractivity contribution in [3.8, 4) is 33.4 Å². The van der Waals surface area contributed by atoms with E-state index in [1.54, 1.807) is 12.1 Å². The molecule has 0 saturated carbocycles. The topological polar surface area (TPSA) is 25.2 Å². The lowest BCUT2D eigenvalue weighted by molar-refractivity contribution is 0.660. The third-order valence-corrected chi connectivity index (χ3v) is 8.35. The molecule has 2 heteroatoms. The van der Waals surface area contributed by atoms with Crippen LogP contribution in [0.15, 0.2) is 138 Å². The number of nitrogens with one attached hydrogen (secondary N) is 1. The van der Waals surface area contributed by atoms with Gasteiger partial charge in [-0.25, -0.2) is 0 Å². The molecule has 1 aromatic heterocycles. The Morgan fingerprint density at radius 1 is 0.585 bits per heavy atom. The van der Waals surface area contributed by atoms with Crippen molar-refractivity contribution in [1.29, 1.82) is 0 Å². The molecule has 1 aliphatic rings. The standard InChI is InChI=1S/C39H29NO/c1-39(2)35-23-27(30-12-8-13-34-33-11-6-7-14-37(33)41-38(30)34)17-21-31(35)32-22-20-29(24-36(32)39)40-28-18-15-26(16-19-28)25-9-4-3-5-10-25/h3-24,40H,1-2H3/i3D,4D,5D,9D,10D. The Labute approximate surface area is 246 Å². The number of fused-ring (bicyclic) bond motifs is 6. The van der Waals surface area contributed by atoms with E-state index in [9.17, 15) is 0 Å². The van der Waals surface area contributed by atoms with E-state index in [4.69, 9.17) is 11.3 Å². The smallest absolute Gasteiger partial charge is 0.143 e. The van der Waals surface area contributed by atoms with Gasteiger partial charge < -0.3 is 9.73 Å². The molecule has 6 aromatic carbocycles. The molecule has 0 aliphatic heterocycles. The number of anilines is 2. The van der Waals surface area contributed by atoms with Crippen molar-refractivity contribution in [2.24, 2.45) is 0 Å². The molecule has 0 bridgehead atoms. The Hall–Kier alpha value is -5.08. The molecule has 0 radical (unpaired) electrons. The molecule has 7 aromatic rings. The zero-order valence-electron chi connectivity index (χ0n) is 27.7. The van der Waals surface area contributed by atoms with Crippen LogP contribution in [0.3, 0.4) is 0 Å². The van der Waals surface area contributed by atoms with Gasteiger partial charge in [0.2, 0.25) is 0 Å². The normalized spacial score (nSPS) is 15.0. The van der Waals surface area contributed by atoms with E-state index in [0.717, 1.165) is 44.4 Å². The third-order valence-electron chi connectivity index (χ3n) is 8.35. The molecule has 8 rings (SSSR count). The third kappa shape index (κ3) is 3.79. The summed E-state index contributed by atoms with van der Waals surface area (Å²) < 4.78 is 46.8. The van der Waals surface area contributed by atoms with E-state index in [1.165, 1.54) is 22.3 Å². The van der Waals surface area contributed by atoms with Crippen molar-refractivity contribution in [1.82, 2.24) is 0 Å². The van der Waals surface area contributed by atoms with Gasteiger partial charge in [-0.1, -0.05) is 111 Å². The minimum atomic E-state index is -0.390. The minimum absolute atomic E-state index is 0.200. The molecule has 1 aliphatic carbocycles. The summed E-state index contributed by atoms with van der Waals surface area (Å²) >= 11 is 0. The van der Waals surface area contributed by atoms with Crippen LogP contribution in [0.5, 0.6) is 0 Å². The average Bonchev–Trinajstić information content (AvgIpc) is 3.56. The Balaban J connectivity index is 1.11. The number of rotatable bonds is 4. The van der Waals surface area contributed by atoms with E-state index in [1.807, 2.05) is 30.3 Å². The maximum Gasteiger partial charge on any atom is 0.143 e. The number of benzene rings is 6. The summed E-state index contributed by atoms with van der Waals surface area (Å²) in [6.45, 7) is 4.53. The van der Waals surface area contributed by atoms with E-state index < -0.39 is 6.04 Å². The van der Waals surface area contributed by atoms with Gasteiger partial charge in [-0.3, -0.25) is 0 Å². The van der Waals surface area contributed by atoms with Crippen LogP contribution in [0.2, 0.25) is 0 Å². The molecule has 196 valence electrons. The molecule has 0 saturated heterocycles. The molecule has 0 spiro atoms. The highest BCUT2D eigenvalue weighted by Crippen LogP contribution is 2.51. The van der Waals surface area contributed by atoms with Crippen molar-refractivity contribution in [3.05, 3.63) is 144 Å². The highest BCUT2D eigenvalue weighted by atomic mass is 16.3. The van der Waals surface area contributed by atoms with Gasteiger partial charge in [0.15, 0.2) is 0 Å². The van der Waals surface area contributed by atoms with Gasteiger partial charge in [0.1, 0.15) is 11.2 Å². The fourth-order valence-electron chi connectivity index (χ4n) is 6.24. The molecule has 41 heavy (non-hydrogen) atoms. The zero-order valence-corrected chi connectivity index (χ0v) is 22.7. The largest absolute Gasteiger partial charge is 0.455 e. The first kappa shape index (κ1) is 19.1. The summed E-state index contributed by atoms with van der Waals surface area (Å²) in [6, 6.07) is 33.5. The molecule has 0 amide bonds. The van der Waals surface area contributed by atoms with Crippen LogP contribution in [0.1, 0.15) is 31.8 Å². The van der Waals surface area contributed by atoms with Gasteiger partial charge >= 0.3 is 0 Å². The number of hydrogen-bond donors (Lipinski definition) is 1. The van der Waals surface area contributed by atoms with Gasteiger partial charge in [-0.05, 0) is 75.3 Å². The molecule has 1 heterocycles. The molecule has 0 atom stereocenters. The lowest BCUT2D eigenvalue weighted by Gasteiger charge is -2.23. The summed E-state index contributed by atoms with van der Waals surface area (Å²) in [5.41, 5.74) is 11.3. The maximum atomic E-state index is 8.30. The van der Waals surface area contributed by atoms with Crippen molar-refractivity contribution in [2.45, 2.75) is 19.3 Å². The van der Waals surface area contributed by atoms with Crippen LogP contribution in [-0.2, 0) is 5.41 Å². The second-order valence-corrected chi connectivity index (χ2v) is 11.1. The molecule has 0 unspecified atom stereocenters. The van der Waals surface area contributed by atoms with Crippen LogP contribution in [-0.4, -0.2) is 0 Å². The predicted molar refractivity (Wildman–Crippen MR) is 172 cm³/mol. The fraction of sp³-hybridized carbons (Fsp3) is 0.0769. The van der Waals surface area contributed by atoms with E-state index in [0.29, 0.717) is 5.56 Å². The van der Waals surface area contributed by atoms with E-state index >= 15 is 0 Å². The second kappa shape index (κ2) is 8.97. The summed E-state index contributed by atoms with van der Waals surface area (Å²) in [5.74, 6) is 0. The quantitative estimate of drug-likeness (QED) is 0.244. The van der Waals surface area contributed by atoms with Crippen molar-refractivity contribution in [2.75, 3.05) is 5.32 Å². The Bertz CT molecular complexity index is 2340. The molecular weight excluding hydrogens is 498 g/mol. The van der Waals surface area contributed by atoms with Crippen LogP contribution in [0.25, 0.3) is 55.3 Å². The Morgan fingerprint density at radius 2 is 1.27 bits per heavy atom. The molecule has 1 N–H and O–H groups in total. The minimum Gasteiger partial charge on any atom is -0.455 e. The molecule has 0 fully saturated rings. The summed E-state index contributed by atoms with van der Waals surface area (Å²) in [6.07, 6.45) is 0. The first-order chi connectivity index (χ1) is 22.1. The lowest BCUT2D eigenvalue weighted by atomic mass is 9.81. The number of para-hydroxylation sites is 2. The SMILES string of the molecule is [2H]c1c([2H])c([2H])c(-c2ccc(Nc3ccc4c(c3)C(C)(C)c3cc(-c5cccc6c5oc5ccccc56)ccc3-4)cc2)c([2H])c1[2H]. The summed E-state index contributed by atoms with van der Waals surface area (Å²) in [7, 11) is 0. The fourth-order valence-corrected chi connectivity index (χ4v) is 6.24. The number of hydrogen-bond acceptors (Lipinski definition) is 2. The lowest BCUT2D eigenvalue weighted by Crippen LogP contribution is -2.15. The zero-order chi connectivity index (χ0) is 31.9. The highest BCUT2D eigenvalue weighted by Gasteiger charge is 2.36. The van der Waals surface area contributed by atoms with Gasteiger partial charge in [0, 0.05) is 33.1 Å². The first-order valence-electron chi connectivity index (χ1n) is 16.3. The first-order valence-corrected chi connectivity index (χ1v) is 13.8. The number of furan rings is 1. The Kier molecular flexibility index (Phi) is 4.17.